The quantitative estimate of drug-likeness (QED) is 0.147. The van der Waals surface area contributed by atoms with Gasteiger partial charge in [0.2, 0.25) is 0 Å². The summed E-state index contributed by atoms with van der Waals surface area (Å²) in [6.07, 6.45) is 9.02. The van der Waals surface area contributed by atoms with Gasteiger partial charge in [0.25, 0.3) is 0 Å². The topological polar surface area (TPSA) is 105 Å². The molecule has 0 saturated heterocycles. The van der Waals surface area contributed by atoms with Crippen molar-refractivity contribution in [1.82, 2.24) is 0 Å². The average Bonchev–Trinajstić information content (AvgIpc) is 2.84. The van der Waals surface area contributed by atoms with Crippen molar-refractivity contribution in [2.45, 2.75) is 105 Å². The van der Waals surface area contributed by atoms with E-state index in [0.29, 0.717) is 23.3 Å². The summed E-state index contributed by atoms with van der Waals surface area (Å²) >= 11 is 0. The van der Waals surface area contributed by atoms with Crippen molar-refractivity contribution in [2.24, 2.45) is 0 Å². The Labute approximate surface area is 230 Å². The maximum absolute atomic E-state index is 11.1. The number of ether oxygens (including phenoxy) is 4. The van der Waals surface area contributed by atoms with Gasteiger partial charge >= 0.3 is 23.9 Å². The van der Waals surface area contributed by atoms with Crippen molar-refractivity contribution in [1.29, 1.82) is 0 Å². The molecule has 1 fully saturated rings. The first kappa shape index (κ1) is 39.4. The van der Waals surface area contributed by atoms with Gasteiger partial charge in [0.05, 0.1) is 13.7 Å². The molecule has 0 atom stereocenters. The van der Waals surface area contributed by atoms with Gasteiger partial charge in [-0.05, 0) is 73.6 Å². The Balaban J connectivity index is -0.000000438. The van der Waals surface area contributed by atoms with Crippen LogP contribution in [-0.4, -0.2) is 49.3 Å². The highest BCUT2D eigenvalue weighted by Gasteiger charge is 2.17. The summed E-state index contributed by atoms with van der Waals surface area (Å²) < 4.78 is 19.1. The van der Waals surface area contributed by atoms with Gasteiger partial charge in [-0.1, -0.05) is 46.1 Å². The second-order valence-corrected chi connectivity index (χ2v) is 9.72. The molecule has 1 saturated carbocycles. The molecule has 0 N–H and O–H groups in total. The molecule has 0 aromatic rings. The van der Waals surface area contributed by atoms with Gasteiger partial charge in [0.15, 0.2) is 0 Å². The lowest BCUT2D eigenvalue weighted by molar-refractivity contribution is -0.150. The molecule has 8 nitrogen and oxygen atoms in total. The Bertz CT molecular complexity index is 781. The summed E-state index contributed by atoms with van der Waals surface area (Å²) in [6.45, 7) is 26.6. The molecule has 0 spiro atoms. The molecule has 8 heteroatoms. The zero-order chi connectivity index (χ0) is 30.3. The molecule has 38 heavy (non-hydrogen) atoms. The minimum atomic E-state index is -0.407. The summed E-state index contributed by atoms with van der Waals surface area (Å²) in [5.41, 5.74) is 0.966. The van der Waals surface area contributed by atoms with Crippen molar-refractivity contribution >= 4 is 23.9 Å². The summed E-state index contributed by atoms with van der Waals surface area (Å²) in [6, 6.07) is 0. The second-order valence-electron chi connectivity index (χ2n) is 9.72. The van der Waals surface area contributed by atoms with Gasteiger partial charge in [0.1, 0.15) is 11.7 Å². The molecule has 1 aliphatic carbocycles. The molecular formula is C30H50O8. The predicted molar refractivity (Wildman–Crippen MR) is 151 cm³/mol. The molecule has 0 heterocycles. The fourth-order valence-electron chi connectivity index (χ4n) is 2.35. The minimum Gasteiger partial charge on any atom is -0.466 e. The highest BCUT2D eigenvalue weighted by atomic mass is 16.6. The highest BCUT2D eigenvalue weighted by molar-refractivity contribution is 5.87. The molecule has 0 amide bonds. The zero-order valence-corrected chi connectivity index (χ0v) is 24.9. The van der Waals surface area contributed by atoms with Gasteiger partial charge in [-0.25, -0.2) is 19.2 Å². The lowest BCUT2D eigenvalue weighted by atomic mass is 9.98. The molecule has 0 aromatic heterocycles. The first-order valence-electron chi connectivity index (χ1n) is 12.8. The first-order chi connectivity index (χ1) is 17.5. The summed E-state index contributed by atoms with van der Waals surface area (Å²) in [7, 11) is 1.33. The van der Waals surface area contributed by atoms with Crippen molar-refractivity contribution in [3.05, 3.63) is 49.1 Å². The van der Waals surface area contributed by atoms with E-state index in [4.69, 9.17) is 9.47 Å². The van der Waals surface area contributed by atoms with E-state index in [1.165, 1.54) is 32.4 Å². The first-order valence-corrected chi connectivity index (χ1v) is 12.8. The number of methoxy groups -OCH3 is 1. The Morgan fingerprint density at radius 1 is 0.842 bits per heavy atom. The standard InChI is InChI=1S/C10H16O2.C8H14O2.C7H12O2.C5H8O2/c1-8(2)10(11)12-9-6-4-3-5-7-9;1-6(2)7(9)10-8(3,4)5;1-3-5-6-9-7(8)4-2;1-4(2)5(6)7-3/h9H,1,3-7H2,2H3;1H2,2-5H3;4H,2-3,5-6H2,1H3;1H2,2-3H3. The van der Waals surface area contributed by atoms with Gasteiger partial charge in [-0.15, -0.1) is 0 Å². The van der Waals surface area contributed by atoms with Crippen LogP contribution in [0.15, 0.2) is 49.1 Å². The lowest BCUT2D eigenvalue weighted by Crippen LogP contribution is -2.23. The smallest absolute Gasteiger partial charge is 0.333 e. The van der Waals surface area contributed by atoms with Crippen LogP contribution in [0.5, 0.6) is 0 Å². The van der Waals surface area contributed by atoms with Crippen LogP contribution < -0.4 is 0 Å². The van der Waals surface area contributed by atoms with E-state index in [0.717, 1.165) is 25.7 Å². The molecule has 1 aliphatic rings. The van der Waals surface area contributed by atoms with Crippen LogP contribution in [0.4, 0.5) is 0 Å². The van der Waals surface area contributed by atoms with E-state index in [-0.39, 0.29) is 30.0 Å². The van der Waals surface area contributed by atoms with Gasteiger partial charge < -0.3 is 18.9 Å². The van der Waals surface area contributed by atoms with E-state index in [9.17, 15) is 19.2 Å². The molecule has 218 valence electrons. The van der Waals surface area contributed by atoms with Crippen LogP contribution in [0.25, 0.3) is 0 Å². The maximum Gasteiger partial charge on any atom is 0.333 e. The summed E-state index contributed by atoms with van der Waals surface area (Å²) in [5.74, 6) is -1.24. The van der Waals surface area contributed by atoms with Crippen LogP contribution in [0.1, 0.15) is 93.4 Å². The van der Waals surface area contributed by atoms with Crippen LogP contribution in [-0.2, 0) is 38.1 Å². The number of esters is 4. The third kappa shape index (κ3) is 27.4. The van der Waals surface area contributed by atoms with E-state index in [1.54, 1.807) is 20.8 Å². The number of hydrogen-bond donors (Lipinski definition) is 0. The highest BCUT2D eigenvalue weighted by Crippen LogP contribution is 2.20. The lowest BCUT2D eigenvalue weighted by Gasteiger charge is -2.21. The Morgan fingerprint density at radius 2 is 1.32 bits per heavy atom. The number of carbonyl (C=O) groups is 4. The SMILES string of the molecule is C=C(C)C(=O)OC.C=C(C)C(=O)OC(C)(C)C.C=C(C)C(=O)OC1CCCCC1.C=CC(=O)OCCCC. The number of hydrogen-bond acceptors (Lipinski definition) is 8. The van der Waals surface area contributed by atoms with Gasteiger partial charge in [0, 0.05) is 22.8 Å². The monoisotopic (exact) mass is 538 g/mol. The molecule has 0 aromatic carbocycles. The average molecular weight is 539 g/mol. The van der Waals surface area contributed by atoms with Crippen LogP contribution in [0, 0.1) is 0 Å². The fourth-order valence-corrected chi connectivity index (χ4v) is 2.35. The number of carbonyl (C=O) groups excluding carboxylic acids is 4. The zero-order valence-electron chi connectivity index (χ0n) is 24.9. The fraction of sp³-hybridized carbons (Fsp3) is 0.600. The number of unbranched alkanes of at least 4 members (excludes halogenated alkanes) is 1. The Morgan fingerprint density at radius 3 is 1.61 bits per heavy atom. The summed E-state index contributed by atoms with van der Waals surface area (Å²) in [4.78, 5) is 42.5. The minimum absolute atomic E-state index is 0.156. The molecule has 0 radical (unpaired) electrons. The van der Waals surface area contributed by atoms with Crippen LogP contribution in [0.3, 0.4) is 0 Å². The van der Waals surface area contributed by atoms with E-state index >= 15 is 0 Å². The molecule has 1 rings (SSSR count). The number of rotatable bonds is 8. The van der Waals surface area contributed by atoms with E-state index < -0.39 is 5.60 Å². The van der Waals surface area contributed by atoms with E-state index in [1.807, 2.05) is 27.7 Å². The Kier molecular flexibility index (Phi) is 23.8. The van der Waals surface area contributed by atoms with Crippen LogP contribution >= 0.6 is 0 Å². The second kappa shape index (κ2) is 23.0. The normalized spacial score (nSPS) is 12.2. The largest absolute Gasteiger partial charge is 0.466 e. The molecule has 0 unspecified atom stereocenters. The maximum atomic E-state index is 11.1. The third-order valence-electron chi connectivity index (χ3n) is 4.36. The Hall–Kier alpha value is -3.16. The third-order valence-corrected chi connectivity index (χ3v) is 4.36. The van der Waals surface area contributed by atoms with Crippen LogP contribution in [0.2, 0.25) is 0 Å². The van der Waals surface area contributed by atoms with Gasteiger partial charge in [-0.3, -0.25) is 0 Å². The van der Waals surface area contributed by atoms with Gasteiger partial charge in [-0.2, -0.15) is 0 Å². The van der Waals surface area contributed by atoms with Crippen molar-refractivity contribution in [3.8, 4) is 0 Å². The molecular weight excluding hydrogens is 488 g/mol. The van der Waals surface area contributed by atoms with Crippen molar-refractivity contribution in [2.75, 3.05) is 13.7 Å². The summed E-state index contributed by atoms with van der Waals surface area (Å²) in [5, 5.41) is 0. The van der Waals surface area contributed by atoms with Crippen molar-refractivity contribution in [3.63, 3.8) is 0 Å². The molecule has 0 bridgehead atoms. The van der Waals surface area contributed by atoms with E-state index in [2.05, 4.69) is 35.8 Å². The predicted octanol–water partition coefficient (Wildman–Crippen LogP) is 6.59. The molecule has 0 aliphatic heterocycles. The van der Waals surface area contributed by atoms with Crippen molar-refractivity contribution < 1.29 is 38.1 Å².